The molecule has 1 N–H and O–H groups in total. The quantitative estimate of drug-likeness (QED) is 0.110. The van der Waals surface area contributed by atoms with Crippen molar-refractivity contribution in [1.82, 2.24) is 4.98 Å². The summed E-state index contributed by atoms with van der Waals surface area (Å²) in [5, 5.41) is 12.2. The number of hydrogen-bond acceptors (Lipinski definition) is 4. The molecule has 233 valence electrons. The normalized spacial score (nSPS) is 13.7. The van der Waals surface area contributed by atoms with Crippen LogP contribution in [0.2, 0.25) is 0 Å². The van der Waals surface area contributed by atoms with E-state index in [0.29, 0.717) is 5.92 Å². The standard InChI is InChI=1S/C25H24NO.C13H24O2.Ir/c1-13(2)16-9-10-18-21-20-17(8-7-15(4)23(20)27-24(16)21)22-19(25(18,5)6)11-14(3)12-26-22;1-5-10(6-2)12(14)9-13(15)11(7-3)8-4;/h7,9-13H,1-6H3;9-11,14H,5-8H2,1-4H3;/q-1;;/b;12-9-;. The largest absolute Gasteiger partial charge is 0.512 e. The van der Waals surface area contributed by atoms with E-state index in [1.54, 1.807) is 0 Å². The van der Waals surface area contributed by atoms with E-state index in [1.807, 2.05) is 40.0 Å². The predicted molar refractivity (Wildman–Crippen MR) is 175 cm³/mol. The third-order valence-corrected chi connectivity index (χ3v) is 9.22. The van der Waals surface area contributed by atoms with Gasteiger partial charge in [-0.1, -0.05) is 97.0 Å². The minimum atomic E-state index is -0.167. The van der Waals surface area contributed by atoms with E-state index in [1.165, 1.54) is 39.1 Å². The zero-order valence-electron chi connectivity index (χ0n) is 27.6. The van der Waals surface area contributed by atoms with Crippen molar-refractivity contribution in [3.05, 3.63) is 76.2 Å². The smallest absolute Gasteiger partial charge is 0.162 e. The van der Waals surface area contributed by atoms with E-state index in [0.717, 1.165) is 53.7 Å². The van der Waals surface area contributed by atoms with Gasteiger partial charge in [-0.3, -0.25) is 4.79 Å². The number of carbonyl (C=O) groups is 1. The van der Waals surface area contributed by atoms with Gasteiger partial charge in [-0.05, 0) is 66.3 Å². The first-order chi connectivity index (χ1) is 19.9. The molecule has 2 aromatic carbocycles. The number of pyridine rings is 1. The van der Waals surface area contributed by atoms with Crippen LogP contribution in [-0.4, -0.2) is 15.9 Å². The van der Waals surface area contributed by atoms with Gasteiger partial charge in [0.1, 0.15) is 5.58 Å². The number of hydrogen-bond donors (Lipinski definition) is 1. The number of fused-ring (bicyclic) bond motifs is 2. The molecule has 0 saturated carbocycles. The molecule has 0 aliphatic heterocycles. The van der Waals surface area contributed by atoms with Gasteiger partial charge in [-0.15, -0.1) is 17.7 Å². The molecule has 4 nitrogen and oxygen atoms in total. The molecule has 0 unspecified atom stereocenters. The number of carbonyl (C=O) groups excluding carboxylic acids is 1. The predicted octanol–water partition coefficient (Wildman–Crippen LogP) is 10.7. The van der Waals surface area contributed by atoms with E-state index in [-0.39, 0.29) is 48.9 Å². The van der Waals surface area contributed by atoms with Crippen LogP contribution in [0.1, 0.15) is 115 Å². The molecule has 5 heteroatoms. The van der Waals surface area contributed by atoms with Gasteiger partial charge in [0.05, 0.1) is 11.3 Å². The van der Waals surface area contributed by atoms with Gasteiger partial charge in [-0.25, -0.2) is 0 Å². The van der Waals surface area contributed by atoms with Gasteiger partial charge in [-0.2, -0.15) is 0 Å². The zero-order valence-corrected chi connectivity index (χ0v) is 30.0. The SMILES string of the molecule is CCC(CC)C(=O)/C=C(\O)C(CC)CC.Cc1cnc2c(c1)C(C)(C)c1ccc(C(C)C)c3oc4c(C)c[c-]c-2c4c13.[Ir]. The van der Waals surface area contributed by atoms with Gasteiger partial charge < -0.3 is 14.5 Å². The van der Waals surface area contributed by atoms with Crippen molar-refractivity contribution in [1.29, 1.82) is 0 Å². The summed E-state index contributed by atoms with van der Waals surface area (Å²) in [5.41, 5.74) is 10.1. The van der Waals surface area contributed by atoms with Crippen LogP contribution in [0.25, 0.3) is 33.2 Å². The van der Waals surface area contributed by atoms with Crippen LogP contribution in [-0.2, 0) is 30.3 Å². The Balaban J connectivity index is 0.000000274. The first-order valence-electron chi connectivity index (χ1n) is 15.7. The molecule has 1 aliphatic carbocycles. The molecule has 1 radical (unpaired) electrons. The minimum Gasteiger partial charge on any atom is -0.512 e. The molecule has 5 rings (SSSR count). The second-order valence-corrected chi connectivity index (χ2v) is 12.7. The summed E-state index contributed by atoms with van der Waals surface area (Å²) in [7, 11) is 0. The van der Waals surface area contributed by atoms with Crippen molar-refractivity contribution in [2.75, 3.05) is 0 Å². The summed E-state index contributed by atoms with van der Waals surface area (Å²) < 4.78 is 6.52. The summed E-state index contributed by atoms with van der Waals surface area (Å²) in [5.74, 6) is 0.951. The number of rotatable bonds is 8. The average Bonchev–Trinajstić information content (AvgIpc) is 3.33. The number of aromatic nitrogens is 1. The Morgan fingerprint density at radius 1 is 0.977 bits per heavy atom. The summed E-state index contributed by atoms with van der Waals surface area (Å²) in [6.07, 6.45) is 6.87. The molecular formula is C38H48IrNO3-. The molecule has 43 heavy (non-hydrogen) atoms. The Hall–Kier alpha value is -2.75. The Kier molecular flexibility index (Phi) is 11.2. The van der Waals surface area contributed by atoms with Crippen molar-refractivity contribution in [3.63, 3.8) is 0 Å². The van der Waals surface area contributed by atoms with Gasteiger partial charge in [0.25, 0.3) is 0 Å². The number of nitrogens with zero attached hydrogens (tertiary/aromatic N) is 1. The van der Waals surface area contributed by atoms with Gasteiger partial charge in [0, 0.05) is 49.6 Å². The van der Waals surface area contributed by atoms with Crippen LogP contribution in [0, 0.1) is 31.7 Å². The van der Waals surface area contributed by atoms with Crippen molar-refractivity contribution in [2.24, 2.45) is 11.8 Å². The summed E-state index contributed by atoms with van der Waals surface area (Å²) in [6, 6.07) is 12.4. The average molecular weight is 759 g/mol. The molecule has 2 aromatic heterocycles. The van der Waals surface area contributed by atoms with E-state index in [4.69, 9.17) is 9.40 Å². The van der Waals surface area contributed by atoms with E-state index < -0.39 is 0 Å². The first kappa shape index (κ1) is 34.7. The van der Waals surface area contributed by atoms with Crippen LogP contribution >= 0.6 is 0 Å². The van der Waals surface area contributed by atoms with Gasteiger partial charge >= 0.3 is 0 Å². The minimum absolute atomic E-state index is 0. The fourth-order valence-corrected chi connectivity index (χ4v) is 6.39. The number of benzene rings is 2. The topological polar surface area (TPSA) is 63.3 Å². The van der Waals surface area contributed by atoms with Crippen molar-refractivity contribution < 1.29 is 34.4 Å². The Morgan fingerprint density at radius 3 is 2.19 bits per heavy atom. The Labute approximate surface area is 271 Å². The van der Waals surface area contributed by atoms with Crippen molar-refractivity contribution in [3.8, 4) is 11.3 Å². The van der Waals surface area contributed by atoms with Crippen molar-refractivity contribution >= 4 is 27.7 Å². The Morgan fingerprint density at radius 2 is 1.60 bits per heavy atom. The second-order valence-electron chi connectivity index (χ2n) is 12.7. The fraction of sp³-hybridized carbons (Fsp3) is 0.474. The maximum atomic E-state index is 11.7. The Bertz CT molecular complexity index is 1630. The van der Waals surface area contributed by atoms with E-state index in [9.17, 15) is 9.90 Å². The number of aliphatic hydroxyl groups excluding tert-OH is 1. The molecule has 0 amide bonds. The molecule has 1 aliphatic rings. The fourth-order valence-electron chi connectivity index (χ4n) is 6.39. The second kappa shape index (κ2) is 13.9. The van der Waals surface area contributed by atoms with E-state index in [2.05, 4.69) is 65.8 Å². The number of allylic oxidation sites excluding steroid dienone is 2. The number of aliphatic hydroxyl groups is 1. The van der Waals surface area contributed by atoms with Crippen molar-refractivity contribution in [2.45, 2.75) is 106 Å². The van der Waals surface area contributed by atoms with Gasteiger partial charge in [0.2, 0.25) is 0 Å². The van der Waals surface area contributed by atoms with Crippen LogP contribution < -0.4 is 0 Å². The molecule has 0 bridgehead atoms. The first-order valence-corrected chi connectivity index (χ1v) is 15.7. The zero-order chi connectivity index (χ0) is 30.9. The van der Waals surface area contributed by atoms with Gasteiger partial charge in [0.15, 0.2) is 5.78 Å². The number of aryl methyl sites for hydroxylation is 2. The number of furan rings is 1. The van der Waals surface area contributed by atoms with Crippen LogP contribution in [0.5, 0.6) is 0 Å². The van der Waals surface area contributed by atoms with E-state index >= 15 is 0 Å². The summed E-state index contributed by atoms with van der Waals surface area (Å²) >= 11 is 0. The third kappa shape index (κ3) is 6.40. The van der Waals surface area contributed by atoms with Crippen LogP contribution in [0.4, 0.5) is 0 Å². The molecule has 0 saturated heterocycles. The molecular weight excluding hydrogens is 711 g/mol. The molecule has 2 heterocycles. The molecule has 4 aromatic rings. The number of ketones is 1. The maximum Gasteiger partial charge on any atom is 0.162 e. The van der Waals surface area contributed by atoms with Crippen LogP contribution in [0.3, 0.4) is 0 Å². The maximum absolute atomic E-state index is 11.7. The molecule has 0 fully saturated rings. The molecule has 0 spiro atoms. The molecule has 0 atom stereocenters. The van der Waals surface area contributed by atoms with Crippen LogP contribution in [0.15, 0.2) is 46.7 Å². The summed E-state index contributed by atoms with van der Waals surface area (Å²) in [6.45, 7) is 21.3. The third-order valence-electron chi connectivity index (χ3n) is 9.22. The monoisotopic (exact) mass is 759 g/mol. The summed E-state index contributed by atoms with van der Waals surface area (Å²) in [4.78, 5) is 16.6.